The molecule has 0 amide bonds. The Morgan fingerprint density at radius 2 is 1.77 bits per heavy atom. The maximum atomic E-state index is 12.9. The second-order valence-corrected chi connectivity index (χ2v) is 10.5. The zero-order valence-electron chi connectivity index (χ0n) is 22.0. The molecule has 1 aliphatic carbocycles. The maximum Gasteiger partial charge on any atom is 0.416 e. The third kappa shape index (κ3) is 5.49. The topological polar surface area (TPSA) is 52.8 Å². The summed E-state index contributed by atoms with van der Waals surface area (Å²) in [5.41, 5.74) is 4.68. The van der Waals surface area contributed by atoms with Crippen molar-refractivity contribution in [3.63, 3.8) is 0 Å². The lowest BCUT2D eigenvalue weighted by Crippen LogP contribution is -2.46. The number of halogens is 3. The van der Waals surface area contributed by atoms with Crippen molar-refractivity contribution in [3.05, 3.63) is 89.1 Å². The first kappa shape index (κ1) is 25.8. The van der Waals surface area contributed by atoms with Crippen LogP contribution in [0.15, 0.2) is 61.1 Å². The van der Waals surface area contributed by atoms with Gasteiger partial charge in [0.2, 0.25) is 5.95 Å². The van der Waals surface area contributed by atoms with Crippen molar-refractivity contribution in [2.75, 3.05) is 38.1 Å². The highest BCUT2D eigenvalue weighted by molar-refractivity contribution is 5.48. The third-order valence-electron chi connectivity index (χ3n) is 7.86. The minimum Gasteiger partial charge on any atom is -0.339 e. The maximum absolute atomic E-state index is 12.9. The molecule has 6 rings (SSSR count). The summed E-state index contributed by atoms with van der Waals surface area (Å²) < 4.78 is 40.7. The molecule has 39 heavy (non-hydrogen) atoms. The molecule has 10 heteroatoms. The molecule has 3 aromatic heterocycles. The largest absolute Gasteiger partial charge is 0.416 e. The van der Waals surface area contributed by atoms with Gasteiger partial charge in [-0.3, -0.25) is 19.2 Å². The molecule has 204 valence electrons. The number of pyridine rings is 1. The monoisotopic (exact) mass is 535 g/mol. The van der Waals surface area contributed by atoms with Crippen LogP contribution in [0.2, 0.25) is 0 Å². The molecule has 7 nitrogen and oxygen atoms in total. The fraction of sp³-hybridized carbons (Fsp3) is 0.414. The molecule has 4 heterocycles. The van der Waals surface area contributed by atoms with Gasteiger partial charge in [0.25, 0.3) is 0 Å². The Morgan fingerprint density at radius 1 is 0.974 bits per heavy atom. The van der Waals surface area contributed by atoms with Crippen molar-refractivity contribution >= 4 is 11.6 Å². The Morgan fingerprint density at radius 3 is 2.54 bits per heavy atom. The number of fused-ring (bicyclic) bond motifs is 2. The van der Waals surface area contributed by atoms with Crippen LogP contribution in [-0.4, -0.2) is 62.4 Å². The molecule has 1 aliphatic heterocycles. The van der Waals surface area contributed by atoms with Gasteiger partial charge in [0.1, 0.15) is 5.65 Å². The molecule has 2 aliphatic rings. The molecule has 1 atom stereocenters. The van der Waals surface area contributed by atoms with Crippen LogP contribution in [0.4, 0.5) is 19.1 Å². The summed E-state index contributed by atoms with van der Waals surface area (Å²) in [5.74, 6) is 0.868. The average Bonchev–Trinajstić information content (AvgIpc) is 3.35. The van der Waals surface area contributed by atoms with E-state index in [0.717, 1.165) is 87.0 Å². The van der Waals surface area contributed by atoms with Gasteiger partial charge in [-0.25, -0.2) is 9.97 Å². The number of aromatic nitrogens is 4. The smallest absolute Gasteiger partial charge is 0.339 e. The Bertz CT molecular complexity index is 1430. The van der Waals surface area contributed by atoms with E-state index in [0.29, 0.717) is 6.54 Å². The minimum absolute atomic E-state index is 0.287. The summed E-state index contributed by atoms with van der Waals surface area (Å²) in [6.07, 6.45) is 4.83. The fourth-order valence-corrected chi connectivity index (χ4v) is 5.81. The Hall–Kier alpha value is -3.50. The highest BCUT2D eigenvalue weighted by Crippen LogP contribution is 2.33. The third-order valence-corrected chi connectivity index (χ3v) is 7.86. The van der Waals surface area contributed by atoms with E-state index in [1.165, 1.54) is 11.3 Å². The second-order valence-electron chi connectivity index (χ2n) is 10.5. The first-order chi connectivity index (χ1) is 18.8. The number of hydrogen-bond acceptors (Lipinski definition) is 6. The normalized spacial score (nSPS) is 18.6. The van der Waals surface area contributed by atoms with Crippen LogP contribution in [-0.2, 0) is 25.7 Å². The number of aryl methyl sites for hydroxylation is 1. The average molecular weight is 536 g/mol. The van der Waals surface area contributed by atoms with E-state index in [9.17, 15) is 13.2 Å². The van der Waals surface area contributed by atoms with Crippen molar-refractivity contribution in [2.24, 2.45) is 0 Å². The van der Waals surface area contributed by atoms with Crippen molar-refractivity contribution in [2.45, 2.75) is 44.6 Å². The van der Waals surface area contributed by atoms with Crippen LogP contribution in [0.3, 0.4) is 0 Å². The summed E-state index contributed by atoms with van der Waals surface area (Å²) in [5, 5.41) is 0. The molecule has 1 aromatic carbocycles. The van der Waals surface area contributed by atoms with E-state index in [2.05, 4.69) is 43.4 Å². The molecule has 0 bridgehead atoms. The van der Waals surface area contributed by atoms with Crippen LogP contribution in [0.25, 0.3) is 5.65 Å². The van der Waals surface area contributed by atoms with Crippen molar-refractivity contribution in [3.8, 4) is 0 Å². The lowest BCUT2D eigenvalue weighted by Gasteiger charge is -2.35. The van der Waals surface area contributed by atoms with Gasteiger partial charge in [-0.2, -0.15) is 13.2 Å². The number of imidazole rings is 1. The SMILES string of the molecule is CN(Cc1cn2c(N3CCN(Cc4ccc(C(F)(F)F)cc4)CC3)nccc2n1)C1CCCc2cccnc21. The number of rotatable bonds is 6. The molecule has 0 saturated carbocycles. The summed E-state index contributed by atoms with van der Waals surface area (Å²) in [6, 6.07) is 11.9. The fourth-order valence-electron chi connectivity index (χ4n) is 5.81. The van der Waals surface area contributed by atoms with Crippen molar-refractivity contribution in [1.29, 1.82) is 0 Å². The van der Waals surface area contributed by atoms with Crippen LogP contribution in [0.1, 0.15) is 47.0 Å². The number of alkyl halides is 3. The Labute approximate surface area is 225 Å². The number of nitrogens with zero attached hydrogens (tertiary/aromatic N) is 7. The Kier molecular flexibility index (Phi) is 6.99. The predicted molar refractivity (Wildman–Crippen MR) is 143 cm³/mol. The predicted octanol–water partition coefficient (Wildman–Crippen LogP) is 4.97. The molecule has 0 radical (unpaired) electrons. The summed E-state index contributed by atoms with van der Waals surface area (Å²) in [7, 11) is 2.15. The van der Waals surface area contributed by atoms with Crippen molar-refractivity contribution in [1.82, 2.24) is 29.2 Å². The molecule has 0 N–H and O–H groups in total. The number of benzene rings is 1. The van der Waals surface area contributed by atoms with E-state index in [1.807, 2.05) is 18.3 Å². The van der Waals surface area contributed by atoms with Gasteiger partial charge in [-0.15, -0.1) is 0 Å². The summed E-state index contributed by atoms with van der Waals surface area (Å²) >= 11 is 0. The van der Waals surface area contributed by atoms with E-state index in [1.54, 1.807) is 18.3 Å². The van der Waals surface area contributed by atoms with Gasteiger partial charge in [0, 0.05) is 57.9 Å². The van der Waals surface area contributed by atoms with Gasteiger partial charge < -0.3 is 4.90 Å². The van der Waals surface area contributed by atoms with E-state index < -0.39 is 11.7 Å². The lowest BCUT2D eigenvalue weighted by molar-refractivity contribution is -0.137. The van der Waals surface area contributed by atoms with Gasteiger partial charge in [0.15, 0.2) is 0 Å². The minimum atomic E-state index is -4.31. The molecular formula is C29H32F3N7. The highest BCUT2D eigenvalue weighted by atomic mass is 19.4. The standard InChI is InChI=1S/C29H32F3N7/c1-36(25-6-2-4-22-5-3-12-33-27(22)25)19-24-20-39-26(35-24)11-13-34-28(39)38-16-14-37(15-17-38)18-21-7-9-23(10-8-21)29(30,31)32/h3,5,7-13,20,25H,2,4,6,14-19H2,1H3. The summed E-state index contributed by atoms with van der Waals surface area (Å²) in [4.78, 5) is 21.1. The van der Waals surface area contributed by atoms with Gasteiger partial charge in [0.05, 0.1) is 23.0 Å². The molecule has 1 saturated heterocycles. The van der Waals surface area contributed by atoms with Crippen LogP contribution >= 0.6 is 0 Å². The van der Waals surface area contributed by atoms with E-state index >= 15 is 0 Å². The first-order valence-corrected chi connectivity index (χ1v) is 13.5. The molecule has 1 unspecified atom stereocenters. The van der Waals surface area contributed by atoms with Crippen LogP contribution in [0.5, 0.6) is 0 Å². The van der Waals surface area contributed by atoms with Gasteiger partial charge in [-0.05, 0) is 61.7 Å². The molecular weight excluding hydrogens is 503 g/mol. The highest BCUT2D eigenvalue weighted by Gasteiger charge is 2.30. The van der Waals surface area contributed by atoms with Crippen LogP contribution in [0, 0.1) is 0 Å². The molecule has 0 spiro atoms. The number of anilines is 1. The quantitative estimate of drug-likeness (QED) is 0.347. The lowest BCUT2D eigenvalue weighted by atomic mass is 9.91. The molecule has 1 fully saturated rings. The van der Waals surface area contributed by atoms with E-state index in [-0.39, 0.29) is 6.04 Å². The zero-order valence-corrected chi connectivity index (χ0v) is 22.0. The van der Waals surface area contributed by atoms with Gasteiger partial charge in [-0.1, -0.05) is 18.2 Å². The van der Waals surface area contributed by atoms with Gasteiger partial charge >= 0.3 is 6.18 Å². The number of piperazine rings is 1. The zero-order chi connectivity index (χ0) is 27.0. The summed E-state index contributed by atoms with van der Waals surface area (Å²) in [6.45, 7) is 4.53. The van der Waals surface area contributed by atoms with Crippen LogP contribution < -0.4 is 4.90 Å². The van der Waals surface area contributed by atoms with Crippen molar-refractivity contribution < 1.29 is 13.2 Å². The molecule has 4 aromatic rings. The first-order valence-electron chi connectivity index (χ1n) is 13.5. The number of hydrogen-bond donors (Lipinski definition) is 0. The second kappa shape index (κ2) is 10.6. The Balaban J connectivity index is 1.11. The van der Waals surface area contributed by atoms with E-state index in [4.69, 9.17) is 9.97 Å².